The van der Waals surface area contributed by atoms with Crippen molar-refractivity contribution in [2.45, 2.75) is 25.9 Å². The van der Waals surface area contributed by atoms with Crippen LogP contribution in [0, 0.1) is 0 Å². The molecule has 21 heavy (non-hydrogen) atoms. The molecule has 0 aromatic carbocycles. The average Bonchev–Trinajstić information content (AvgIpc) is 2.47. The first-order valence-electron chi connectivity index (χ1n) is 7.01. The number of dihydropyridines is 1. The summed E-state index contributed by atoms with van der Waals surface area (Å²) in [5.74, 6) is -0.0204. The van der Waals surface area contributed by atoms with E-state index in [-0.39, 0.29) is 11.9 Å². The van der Waals surface area contributed by atoms with Crippen molar-refractivity contribution in [2.24, 2.45) is 0 Å². The number of carbonyl (C=O) groups excluding carboxylic acids is 1. The molecule has 3 rings (SSSR count). The van der Waals surface area contributed by atoms with Gasteiger partial charge in [-0.2, -0.15) is 0 Å². The molecule has 2 heterocycles. The fourth-order valence-electron chi connectivity index (χ4n) is 2.72. The van der Waals surface area contributed by atoms with Gasteiger partial charge in [0, 0.05) is 17.3 Å². The highest BCUT2D eigenvalue weighted by Gasteiger charge is 2.30. The van der Waals surface area contributed by atoms with Crippen molar-refractivity contribution in [3.05, 3.63) is 58.6 Å². The van der Waals surface area contributed by atoms with Gasteiger partial charge in [-0.25, -0.2) is 0 Å². The maximum Gasteiger partial charge on any atom is 0.231 e. The highest BCUT2D eigenvalue weighted by Crippen LogP contribution is 2.32. The van der Waals surface area contributed by atoms with E-state index in [9.17, 15) is 4.79 Å². The van der Waals surface area contributed by atoms with Gasteiger partial charge in [0.1, 0.15) is 0 Å². The van der Waals surface area contributed by atoms with Gasteiger partial charge in [-0.05, 0) is 31.6 Å². The largest absolute Gasteiger partial charge is 0.377 e. The summed E-state index contributed by atoms with van der Waals surface area (Å²) in [4.78, 5) is 11.7. The smallest absolute Gasteiger partial charge is 0.231 e. The first kappa shape index (κ1) is 14.2. The van der Waals surface area contributed by atoms with E-state index in [1.54, 1.807) is 0 Å². The fourth-order valence-corrected chi connectivity index (χ4v) is 2.88. The normalized spacial score (nSPS) is 26.5. The minimum Gasteiger partial charge on any atom is -0.377 e. The third kappa shape index (κ3) is 2.70. The lowest BCUT2D eigenvalue weighted by Gasteiger charge is -2.35. The zero-order chi connectivity index (χ0) is 15.0. The molecule has 0 radical (unpaired) electrons. The van der Waals surface area contributed by atoms with Crippen molar-refractivity contribution in [3.63, 3.8) is 0 Å². The molecule has 3 aliphatic rings. The third-order valence-electron chi connectivity index (χ3n) is 3.72. The van der Waals surface area contributed by atoms with Crippen LogP contribution in [-0.4, -0.2) is 23.3 Å². The van der Waals surface area contributed by atoms with E-state index in [0.717, 1.165) is 28.2 Å². The number of allylic oxidation sites excluding steroid dienone is 4. The summed E-state index contributed by atoms with van der Waals surface area (Å²) >= 11 is 3.20. The van der Waals surface area contributed by atoms with E-state index < -0.39 is 0 Å². The number of fused-ring (bicyclic) bond motifs is 2. The van der Waals surface area contributed by atoms with E-state index in [2.05, 4.69) is 63.1 Å². The Morgan fingerprint density at radius 3 is 2.95 bits per heavy atom. The van der Waals surface area contributed by atoms with Gasteiger partial charge in [0.25, 0.3) is 0 Å². The van der Waals surface area contributed by atoms with E-state index >= 15 is 0 Å². The van der Waals surface area contributed by atoms with Gasteiger partial charge in [-0.3, -0.25) is 4.79 Å². The Morgan fingerprint density at radius 2 is 2.19 bits per heavy atom. The van der Waals surface area contributed by atoms with E-state index in [1.807, 2.05) is 13.0 Å². The molecule has 4 nitrogen and oxygen atoms in total. The van der Waals surface area contributed by atoms with Crippen LogP contribution in [0.1, 0.15) is 13.8 Å². The predicted octanol–water partition coefficient (Wildman–Crippen LogP) is 2.00. The second-order valence-corrected chi connectivity index (χ2v) is 6.00. The van der Waals surface area contributed by atoms with Crippen LogP contribution in [0.3, 0.4) is 0 Å². The molecule has 0 aromatic rings. The molecule has 0 spiro atoms. The standard InChI is InChI=1S/C16H18BrN3O/c1-9-3-5-11-7-13(20-14(21)8-17)12-6-4-10(2)19-16(12)15(11)18-9/h3-7,9,13,18-19H,8H2,1-2H3,(H,20,21). The number of carbonyl (C=O) groups is 1. The topological polar surface area (TPSA) is 53.2 Å². The molecule has 5 heteroatoms. The molecule has 0 saturated heterocycles. The summed E-state index contributed by atoms with van der Waals surface area (Å²) in [5.41, 5.74) is 5.46. The third-order valence-corrected chi connectivity index (χ3v) is 4.23. The van der Waals surface area contributed by atoms with Crippen LogP contribution in [0.5, 0.6) is 0 Å². The number of halogens is 1. The first-order valence-corrected chi connectivity index (χ1v) is 8.13. The van der Waals surface area contributed by atoms with Crippen molar-refractivity contribution >= 4 is 21.8 Å². The van der Waals surface area contributed by atoms with Crippen molar-refractivity contribution in [2.75, 3.05) is 5.33 Å². The zero-order valence-electron chi connectivity index (χ0n) is 12.0. The summed E-state index contributed by atoms with van der Waals surface area (Å²) < 4.78 is 0. The van der Waals surface area contributed by atoms with Crippen molar-refractivity contribution in [1.82, 2.24) is 16.0 Å². The summed E-state index contributed by atoms with van der Waals surface area (Å²) in [6.45, 7) is 4.15. The summed E-state index contributed by atoms with van der Waals surface area (Å²) in [7, 11) is 0. The van der Waals surface area contributed by atoms with E-state index in [1.165, 1.54) is 0 Å². The average molecular weight is 348 g/mol. The van der Waals surface area contributed by atoms with Gasteiger partial charge in [-0.15, -0.1) is 0 Å². The molecule has 1 aliphatic carbocycles. The molecular formula is C16H18BrN3O. The SMILES string of the molecule is CC1=CC=C2C(=C3NC(C)C=CC3=CC2NC(=O)CBr)N1. The van der Waals surface area contributed by atoms with E-state index in [0.29, 0.717) is 11.4 Å². The molecule has 3 N–H and O–H groups in total. The Morgan fingerprint density at radius 1 is 1.38 bits per heavy atom. The number of hydrogen-bond donors (Lipinski definition) is 3. The van der Waals surface area contributed by atoms with Crippen LogP contribution in [0.15, 0.2) is 58.6 Å². The number of nitrogens with one attached hydrogen (secondary N) is 3. The summed E-state index contributed by atoms with van der Waals surface area (Å²) in [6, 6.07) is 0.188. The Kier molecular flexibility index (Phi) is 3.76. The summed E-state index contributed by atoms with van der Waals surface area (Å²) in [5, 5.41) is 10.3. The molecule has 2 unspecified atom stereocenters. The molecule has 2 aliphatic heterocycles. The van der Waals surface area contributed by atoms with Crippen LogP contribution < -0.4 is 16.0 Å². The highest BCUT2D eigenvalue weighted by molar-refractivity contribution is 9.09. The molecule has 2 atom stereocenters. The van der Waals surface area contributed by atoms with Gasteiger partial charge >= 0.3 is 0 Å². The molecular weight excluding hydrogens is 330 g/mol. The maximum atomic E-state index is 11.7. The minimum atomic E-state index is -0.111. The van der Waals surface area contributed by atoms with Crippen LogP contribution in [-0.2, 0) is 4.79 Å². The van der Waals surface area contributed by atoms with Gasteiger partial charge < -0.3 is 16.0 Å². The monoisotopic (exact) mass is 347 g/mol. The maximum absolute atomic E-state index is 11.7. The lowest BCUT2D eigenvalue weighted by molar-refractivity contribution is -0.118. The molecule has 1 amide bonds. The minimum absolute atomic E-state index is 0.0204. The summed E-state index contributed by atoms with van der Waals surface area (Å²) in [6.07, 6.45) is 10.4. The highest BCUT2D eigenvalue weighted by atomic mass is 79.9. The first-order chi connectivity index (χ1) is 10.1. The quantitative estimate of drug-likeness (QED) is 0.669. The van der Waals surface area contributed by atoms with Gasteiger partial charge in [-0.1, -0.05) is 34.2 Å². The lowest BCUT2D eigenvalue weighted by atomic mass is 9.87. The number of hydrogen-bond acceptors (Lipinski definition) is 3. The Labute approximate surface area is 132 Å². The molecule has 0 aromatic heterocycles. The second kappa shape index (κ2) is 5.56. The lowest BCUT2D eigenvalue weighted by Crippen LogP contribution is -2.43. The molecule has 0 fully saturated rings. The van der Waals surface area contributed by atoms with Gasteiger partial charge in [0.2, 0.25) is 5.91 Å². The molecule has 0 saturated carbocycles. The fraction of sp³-hybridized carbons (Fsp3) is 0.312. The predicted molar refractivity (Wildman–Crippen MR) is 87.5 cm³/mol. The zero-order valence-corrected chi connectivity index (χ0v) is 13.6. The van der Waals surface area contributed by atoms with Crippen molar-refractivity contribution in [1.29, 1.82) is 0 Å². The van der Waals surface area contributed by atoms with Crippen molar-refractivity contribution in [3.8, 4) is 0 Å². The van der Waals surface area contributed by atoms with Gasteiger partial charge in [0.15, 0.2) is 0 Å². The molecule has 0 bridgehead atoms. The van der Waals surface area contributed by atoms with Crippen LogP contribution in [0.4, 0.5) is 0 Å². The van der Waals surface area contributed by atoms with Crippen LogP contribution in [0.2, 0.25) is 0 Å². The van der Waals surface area contributed by atoms with Crippen molar-refractivity contribution < 1.29 is 4.79 Å². The molecule has 110 valence electrons. The Bertz CT molecular complexity index is 640. The number of amides is 1. The number of alkyl halides is 1. The van der Waals surface area contributed by atoms with E-state index in [4.69, 9.17) is 0 Å². The van der Waals surface area contributed by atoms with Crippen LogP contribution >= 0.6 is 15.9 Å². The Balaban J connectivity index is 2.04. The number of rotatable bonds is 2. The Hall–Kier alpha value is -1.75. The second-order valence-electron chi connectivity index (χ2n) is 5.44. The van der Waals surface area contributed by atoms with Gasteiger partial charge in [0.05, 0.1) is 22.8 Å². The van der Waals surface area contributed by atoms with Crippen LogP contribution in [0.25, 0.3) is 0 Å².